The van der Waals surface area contributed by atoms with Gasteiger partial charge in [0.15, 0.2) is 5.78 Å². The van der Waals surface area contributed by atoms with Gasteiger partial charge in [-0.05, 0) is 54.0 Å². The molecule has 0 aromatic heterocycles. The fourth-order valence-corrected chi connectivity index (χ4v) is 3.10. The van der Waals surface area contributed by atoms with Crippen LogP contribution in [0.25, 0.3) is 6.08 Å². The normalized spacial score (nSPS) is 29.2. The predicted molar refractivity (Wildman–Crippen MR) is 88.5 cm³/mol. The summed E-state index contributed by atoms with van der Waals surface area (Å²) >= 11 is 3.44. The monoisotopic (exact) mass is 334 g/mol. The Bertz CT molecular complexity index is 527. The maximum atomic E-state index is 12.9. The van der Waals surface area contributed by atoms with Crippen LogP contribution in [0.5, 0.6) is 0 Å². The van der Waals surface area contributed by atoms with E-state index < -0.39 is 0 Å². The summed E-state index contributed by atoms with van der Waals surface area (Å²) in [5.41, 5.74) is 1.90. The molecule has 1 aromatic rings. The van der Waals surface area contributed by atoms with Crippen molar-refractivity contribution in [3.63, 3.8) is 0 Å². The molecule has 0 amide bonds. The molecule has 2 atom stereocenters. The van der Waals surface area contributed by atoms with Crippen LogP contribution in [0.1, 0.15) is 46.1 Å². The molecular formula is C18H23BrO. The minimum atomic E-state index is -0.201. The van der Waals surface area contributed by atoms with Crippen LogP contribution in [0.3, 0.4) is 0 Å². The van der Waals surface area contributed by atoms with Crippen LogP contribution in [0.2, 0.25) is 0 Å². The van der Waals surface area contributed by atoms with E-state index in [1.165, 1.54) is 0 Å². The lowest BCUT2D eigenvalue weighted by Crippen LogP contribution is -2.40. The van der Waals surface area contributed by atoms with Crippen molar-refractivity contribution >= 4 is 27.8 Å². The number of Topliss-reactive ketones (excluding diaryl/α,β-unsaturated/α-hetero) is 1. The van der Waals surface area contributed by atoms with Crippen LogP contribution in [0.15, 0.2) is 34.3 Å². The van der Waals surface area contributed by atoms with E-state index in [1.54, 1.807) is 0 Å². The van der Waals surface area contributed by atoms with Gasteiger partial charge in [-0.3, -0.25) is 4.79 Å². The Labute approximate surface area is 130 Å². The standard InChI is InChI=1S/C18H23BrO/c1-12(2)18(4)10-9-13(3)16(17(18)20)11-14-5-7-15(19)8-6-14/h5-8,11-13H,9-10H2,1-4H3/t13-,18+/m1/s1. The molecule has 0 spiro atoms. The summed E-state index contributed by atoms with van der Waals surface area (Å²) in [6, 6.07) is 8.15. The van der Waals surface area contributed by atoms with Gasteiger partial charge in [0.05, 0.1) is 0 Å². The highest BCUT2D eigenvalue weighted by molar-refractivity contribution is 9.10. The van der Waals surface area contributed by atoms with Crippen LogP contribution < -0.4 is 0 Å². The van der Waals surface area contributed by atoms with Crippen LogP contribution in [0, 0.1) is 17.3 Å². The lowest BCUT2D eigenvalue weighted by Gasteiger charge is -2.39. The third kappa shape index (κ3) is 2.90. The second kappa shape index (κ2) is 5.85. The molecule has 2 rings (SSSR count). The van der Waals surface area contributed by atoms with Gasteiger partial charge < -0.3 is 0 Å². The largest absolute Gasteiger partial charge is 0.294 e. The Hall–Kier alpha value is -0.890. The molecule has 0 heterocycles. The van der Waals surface area contributed by atoms with Gasteiger partial charge in [-0.1, -0.05) is 55.8 Å². The van der Waals surface area contributed by atoms with Gasteiger partial charge in [-0.25, -0.2) is 0 Å². The number of carbonyl (C=O) groups excluding carboxylic acids is 1. The third-order valence-corrected chi connectivity index (χ3v) is 5.40. The number of ketones is 1. The van der Waals surface area contributed by atoms with Crippen molar-refractivity contribution in [3.8, 4) is 0 Å². The second-order valence-corrected chi connectivity index (χ2v) is 7.41. The highest BCUT2D eigenvalue weighted by Crippen LogP contribution is 2.44. The molecule has 0 radical (unpaired) electrons. The van der Waals surface area contributed by atoms with E-state index in [0.717, 1.165) is 28.5 Å². The first-order valence-electron chi connectivity index (χ1n) is 7.36. The molecule has 0 aliphatic heterocycles. The Balaban J connectivity index is 2.37. The van der Waals surface area contributed by atoms with E-state index >= 15 is 0 Å². The first-order chi connectivity index (χ1) is 9.34. The first kappa shape index (κ1) is 15.5. The second-order valence-electron chi connectivity index (χ2n) is 6.49. The fraction of sp³-hybridized carbons (Fsp3) is 0.500. The average Bonchev–Trinajstić information content (AvgIpc) is 2.41. The number of hydrogen-bond acceptors (Lipinski definition) is 1. The zero-order chi connectivity index (χ0) is 14.9. The molecule has 1 aliphatic carbocycles. The maximum Gasteiger partial charge on any atom is 0.165 e. The number of halogens is 1. The minimum absolute atomic E-state index is 0.201. The summed E-state index contributed by atoms with van der Waals surface area (Å²) in [7, 11) is 0. The Morgan fingerprint density at radius 1 is 1.30 bits per heavy atom. The molecule has 0 N–H and O–H groups in total. The molecule has 1 nitrogen and oxygen atoms in total. The smallest absolute Gasteiger partial charge is 0.165 e. The predicted octanol–water partition coefficient (Wildman–Crippen LogP) is 5.49. The average molecular weight is 335 g/mol. The summed E-state index contributed by atoms with van der Waals surface area (Å²) in [4.78, 5) is 12.9. The SMILES string of the molecule is CC(C)[C@]1(C)CC[C@@H](C)C(=Cc2ccc(Br)cc2)C1=O. The number of hydrogen-bond donors (Lipinski definition) is 0. The van der Waals surface area contributed by atoms with Crippen molar-refractivity contribution in [1.82, 2.24) is 0 Å². The van der Waals surface area contributed by atoms with Crippen LogP contribution in [-0.4, -0.2) is 5.78 Å². The van der Waals surface area contributed by atoms with Crippen molar-refractivity contribution in [1.29, 1.82) is 0 Å². The number of allylic oxidation sites excluding steroid dienone is 1. The molecule has 20 heavy (non-hydrogen) atoms. The van der Waals surface area contributed by atoms with E-state index in [9.17, 15) is 4.79 Å². The topological polar surface area (TPSA) is 17.1 Å². The molecule has 0 unspecified atom stereocenters. The highest BCUT2D eigenvalue weighted by atomic mass is 79.9. The summed E-state index contributed by atoms with van der Waals surface area (Å²) in [6.07, 6.45) is 4.18. The highest BCUT2D eigenvalue weighted by Gasteiger charge is 2.42. The number of benzene rings is 1. The summed E-state index contributed by atoms with van der Waals surface area (Å²) in [5.74, 6) is 1.09. The van der Waals surface area contributed by atoms with Crippen LogP contribution >= 0.6 is 15.9 Å². The van der Waals surface area contributed by atoms with E-state index in [-0.39, 0.29) is 5.41 Å². The van der Waals surface area contributed by atoms with Crippen molar-refractivity contribution < 1.29 is 4.79 Å². The van der Waals surface area contributed by atoms with E-state index in [4.69, 9.17) is 0 Å². The lowest BCUT2D eigenvalue weighted by molar-refractivity contribution is -0.129. The molecule has 0 saturated heterocycles. The Kier molecular flexibility index (Phi) is 4.53. The number of carbonyl (C=O) groups is 1. The van der Waals surface area contributed by atoms with Gasteiger partial charge in [-0.2, -0.15) is 0 Å². The molecule has 1 aliphatic rings. The quantitative estimate of drug-likeness (QED) is 0.653. The summed E-state index contributed by atoms with van der Waals surface area (Å²) in [6.45, 7) is 8.61. The minimum Gasteiger partial charge on any atom is -0.294 e. The van der Waals surface area contributed by atoms with Gasteiger partial charge in [-0.15, -0.1) is 0 Å². The summed E-state index contributed by atoms with van der Waals surface area (Å²) < 4.78 is 1.06. The van der Waals surface area contributed by atoms with E-state index in [2.05, 4.69) is 61.8 Å². The fourth-order valence-electron chi connectivity index (χ4n) is 2.84. The molecule has 1 fully saturated rings. The van der Waals surface area contributed by atoms with Crippen molar-refractivity contribution in [2.75, 3.05) is 0 Å². The van der Waals surface area contributed by atoms with E-state index in [1.807, 2.05) is 12.1 Å². The molecule has 1 saturated carbocycles. The zero-order valence-corrected chi connectivity index (χ0v) is 14.3. The first-order valence-corrected chi connectivity index (χ1v) is 8.16. The number of rotatable bonds is 2. The molecule has 0 bridgehead atoms. The zero-order valence-electron chi connectivity index (χ0n) is 12.7. The van der Waals surface area contributed by atoms with Crippen molar-refractivity contribution in [2.24, 2.45) is 17.3 Å². The maximum absolute atomic E-state index is 12.9. The molecule has 1 aromatic carbocycles. The molecule has 2 heteroatoms. The van der Waals surface area contributed by atoms with Crippen LogP contribution in [0.4, 0.5) is 0 Å². The van der Waals surface area contributed by atoms with Gasteiger partial charge in [0, 0.05) is 9.89 Å². The third-order valence-electron chi connectivity index (χ3n) is 4.87. The van der Waals surface area contributed by atoms with Crippen LogP contribution in [-0.2, 0) is 4.79 Å². The summed E-state index contributed by atoms with van der Waals surface area (Å²) in [5, 5.41) is 0. The Morgan fingerprint density at radius 2 is 1.90 bits per heavy atom. The van der Waals surface area contributed by atoms with Gasteiger partial charge in [0.2, 0.25) is 0 Å². The molecule has 108 valence electrons. The van der Waals surface area contributed by atoms with Gasteiger partial charge in [0.25, 0.3) is 0 Å². The van der Waals surface area contributed by atoms with Crippen molar-refractivity contribution in [3.05, 3.63) is 39.9 Å². The van der Waals surface area contributed by atoms with Crippen molar-refractivity contribution in [2.45, 2.75) is 40.5 Å². The lowest BCUT2D eigenvalue weighted by atomic mass is 9.63. The molecular weight excluding hydrogens is 312 g/mol. The Morgan fingerprint density at radius 3 is 2.45 bits per heavy atom. The van der Waals surface area contributed by atoms with Gasteiger partial charge >= 0.3 is 0 Å². The van der Waals surface area contributed by atoms with E-state index in [0.29, 0.717) is 17.6 Å². The van der Waals surface area contributed by atoms with Gasteiger partial charge in [0.1, 0.15) is 0 Å².